The lowest BCUT2D eigenvalue weighted by Crippen LogP contribution is -2.13. The Bertz CT molecular complexity index is 127. The van der Waals surface area contributed by atoms with Crippen molar-refractivity contribution in [3.05, 3.63) is 10.6 Å². The number of halogens is 2. The van der Waals surface area contributed by atoms with Crippen LogP contribution in [0.4, 0.5) is 4.39 Å². The third-order valence-electron chi connectivity index (χ3n) is 0.835. The van der Waals surface area contributed by atoms with Gasteiger partial charge in [-0.2, -0.15) is 0 Å². The fourth-order valence-corrected chi connectivity index (χ4v) is 1.44. The highest BCUT2D eigenvalue weighted by molar-refractivity contribution is 8.05. The van der Waals surface area contributed by atoms with E-state index in [1.807, 2.05) is 0 Å². The monoisotopic (exact) mass is 153 g/mol. The van der Waals surface area contributed by atoms with E-state index in [4.69, 9.17) is 11.6 Å². The first kappa shape index (κ1) is 6.23. The molecule has 0 aromatic heterocycles. The van der Waals surface area contributed by atoms with Gasteiger partial charge in [-0.05, 0) is 0 Å². The molecule has 0 aromatic rings. The second kappa shape index (κ2) is 2.15. The lowest BCUT2D eigenvalue weighted by atomic mass is 10.8. The molecule has 1 nitrogen and oxygen atoms in total. The molecule has 1 aliphatic rings. The number of hydrogen-bond acceptors (Lipinski definition) is 2. The van der Waals surface area contributed by atoms with Crippen molar-refractivity contribution < 1.29 is 4.39 Å². The molecule has 0 aromatic carbocycles. The average Bonchev–Trinajstić information content (AvgIpc) is 1.85. The Balaban J connectivity index is 2.56. The molecule has 0 spiro atoms. The maximum atomic E-state index is 12.3. The van der Waals surface area contributed by atoms with Gasteiger partial charge in [0.2, 0.25) is 5.63 Å². The molecular weight excluding hydrogens is 149 g/mol. The third kappa shape index (κ3) is 1.09. The van der Waals surface area contributed by atoms with Crippen LogP contribution < -0.4 is 0 Å². The largest absolute Gasteiger partial charge is 0.341 e. The standard InChI is InChI=1S/C4H5ClFNS/c1-7-2-3(5)8-4(7)6/h2,4H,1H3. The summed E-state index contributed by atoms with van der Waals surface area (Å²) < 4.78 is 12.8. The van der Waals surface area contributed by atoms with E-state index in [2.05, 4.69) is 0 Å². The van der Waals surface area contributed by atoms with Crippen LogP contribution in [0.2, 0.25) is 0 Å². The quantitative estimate of drug-likeness (QED) is 0.490. The molecule has 0 bridgehead atoms. The van der Waals surface area contributed by atoms with Gasteiger partial charge in [-0.15, -0.1) is 0 Å². The zero-order valence-corrected chi connectivity index (χ0v) is 5.84. The van der Waals surface area contributed by atoms with E-state index in [0.717, 1.165) is 11.8 Å². The maximum Gasteiger partial charge on any atom is 0.224 e. The zero-order chi connectivity index (χ0) is 6.15. The number of hydrogen-bond donors (Lipinski definition) is 0. The summed E-state index contributed by atoms with van der Waals surface area (Å²) in [5.41, 5.74) is -0.984. The first-order valence-electron chi connectivity index (χ1n) is 2.10. The summed E-state index contributed by atoms with van der Waals surface area (Å²) in [6.45, 7) is 0. The molecule has 46 valence electrons. The van der Waals surface area contributed by atoms with E-state index in [9.17, 15) is 4.39 Å². The summed E-state index contributed by atoms with van der Waals surface area (Å²) in [7, 11) is 1.65. The molecule has 0 aliphatic carbocycles. The third-order valence-corrected chi connectivity index (χ3v) is 2.06. The van der Waals surface area contributed by atoms with Crippen LogP contribution in [-0.4, -0.2) is 17.6 Å². The van der Waals surface area contributed by atoms with Gasteiger partial charge in [0.25, 0.3) is 0 Å². The second-order valence-electron chi connectivity index (χ2n) is 1.51. The Labute approximate surface area is 56.5 Å². The molecule has 4 heteroatoms. The molecule has 1 aliphatic heterocycles. The number of alkyl halides is 1. The molecule has 0 N–H and O–H groups in total. The topological polar surface area (TPSA) is 3.24 Å². The summed E-state index contributed by atoms with van der Waals surface area (Å²) in [5, 5.41) is 0. The van der Waals surface area contributed by atoms with Crippen molar-refractivity contribution in [2.24, 2.45) is 0 Å². The van der Waals surface area contributed by atoms with Crippen molar-refractivity contribution in [3.63, 3.8) is 0 Å². The van der Waals surface area contributed by atoms with E-state index in [1.165, 1.54) is 4.90 Å². The van der Waals surface area contributed by atoms with Crippen LogP contribution in [0.3, 0.4) is 0 Å². The fourth-order valence-electron chi connectivity index (χ4n) is 0.425. The van der Waals surface area contributed by atoms with Crippen LogP contribution in [0.25, 0.3) is 0 Å². The smallest absolute Gasteiger partial charge is 0.224 e. The van der Waals surface area contributed by atoms with E-state index >= 15 is 0 Å². The molecule has 0 fully saturated rings. The summed E-state index contributed by atoms with van der Waals surface area (Å²) in [6, 6.07) is 0. The highest BCUT2D eigenvalue weighted by Gasteiger charge is 2.19. The van der Waals surface area contributed by atoms with Gasteiger partial charge in [0.05, 0.1) is 4.36 Å². The minimum atomic E-state index is -0.984. The van der Waals surface area contributed by atoms with Gasteiger partial charge < -0.3 is 4.90 Å². The lowest BCUT2D eigenvalue weighted by Gasteiger charge is -2.08. The molecule has 1 unspecified atom stereocenters. The molecule has 8 heavy (non-hydrogen) atoms. The first-order valence-corrected chi connectivity index (χ1v) is 3.36. The van der Waals surface area contributed by atoms with Gasteiger partial charge in [-0.1, -0.05) is 23.4 Å². The number of nitrogens with zero attached hydrogens (tertiary/aromatic N) is 1. The van der Waals surface area contributed by atoms with Crippen molar-refractivity contribution in [3.8, 4) is 0 Å². The van der Waals surface area contributed by atoms with E-state index in [1.54, 1.807) is 13.2 Å². The van der Waals surface area contributed by atoms with E-state index < -0.39 is 5.63 Å². The van der Waals surface area contributed by atoms with Crippen LogP contribution in [0.5, 0.6) is 0 Å². The van der Waals surface area contributed by atoms with Crippen molar-refractivity contribution in [1.29, 1.82) is 0 Å². The van der Waals surface area contributed by atoms with Crippen LogP contribution in [0.15, 0.2) is 10.6 Å². The summed E-state index contributed by atoms with van der Waals surface area (Å²) in [5.74, 6) is 0. The predicted octanol–water partition coefficient (Wildman–Crippen LogP) is 1.96. The maximum absolute atomic E-state index is 12.3. The van der Waals surface area contributed by atoms with Gasteiger partial charge in [-0.3, -0.25) is 0 Å². The van der Waals surface area contributed by atoms with Gasteiger partial charge in [0.15, 0.2) is 0 Å². The van der Waals surface area contributed by atoms with Crippen molar-refractivity contribution in [1.82, 2.24) is 4.90 Å². The highest BCUT2D eigenvalue weighted by atomic mass is 35.5. The van der Waals surface area contributed by atoms with Gasteiger partial charge in [0.1, 0.15) is 0 Å². The SMILES string of the molecule is CN1C=C(Cl)SC1F. The molecule has 1 rings (SSSR count). The Morgan fingerprint density at radius 3 is 2.75 bits per heavy atom. The molecule has 0 radical (unpaired) electrons. The fraction of sp³-hybridized carbons (Fsp3) is 0.500. The average molecular weight is 154 g/mol. The number of rotatable bonds is 0. The Hall–Kier alpha value is 0.110. The normalized spacial score (nSPS) is 28.6. The summed E-state index contributed by atoms with van der Waals surface area (Å²) >= 11 is 6.46. The highest BCUT2D eigenvalue weighted by Crippen LogP contribution is 2.34. The summed E-state index contributed by atoms with van der Waals surface area (Å²) in [4.78, 5) is 1.42. The minimum absolute atomic E-state index is 0.514. The van der Waals surface area contributed by atoms with Gasteiger partial charge in [0, 0.05) is 13.2 Å². The predicted molar refractivity (Wildman–Crippen MR) is 34.2 cm³/mol. The first-order chi connectivity index (χ1) is 3.70. The van der Waals surface area contributed by atoms with Crippen molar-refractivity contribution in [2.45, 2.75) is 5.63 Å². The van der Waals surface area contributed by atoms with E-state index in [-0.39, 0.29) is 0 Å². The van der Waals surface area contributed by atoms with Crippen LogP contribution in [0, 0.1) is 0 Å². The van der Waals surface area contributed by atoms with Crippen LogP contribution >= 0.6 is 23.4 Å². The summed E-state index contributed by atoms with van der Waals surface area (Å²) in [6.07, 6.45) is 1.57. The van der Waals surface area contributed by atoms with Gasteiger partial charge in [-0.25, -0.2) is 4.39 Å². The molecule has 0 saturated heterocycles. The number of thioether (sulfide) groups is 1. The molecule has 1 heterocycles. The van der Waals surface area contributed by atoms with Crippen LogP contribution in [0.1, 0.15) is 0 Å². The second-order valence-corrected chi connectivity index (χ2v) is 3.20. The molecular formula is C4H5ClFNS. The van der Waals surface area contributed by atoms with Crippen LogP contribution in [-0.2, 0) is 0 Å². The Kier molecular flexibility index (Phi) is 1.68. The van der Waals surface area contributed by atoms with Gasteiger partial charge >= 0.3 is 0 Å². The Morgan fingerprint density at radius 1 is 2.00 bits per heavy atom. The van der Waals surface area contributed by atoms with E-state index in [0.29, 0.717) is 4.36 Å². The zero-order valence-electron chi connectivity index (χ0n) is 4.27. The molecule has 0 amide bonds. The molecule has 0 saturated carbocycles. The molecule has 1 atom stereocenters. The lowest BCUT2D eigenvalue weighted by molar-refractivity contribution is 0.261. The Morgan fingerprint density at radius 2 is 2.62 bits per heavy atom. The van der Waals surface area contributed by atoms with Crippen molar-refractivity contribution in [2.75, 3.05) is 7.05 Å². The van der Waals surface area contributed by atoms with Crippen molar-refractivity contribution >= 4 is 23.4 Å². The minimum Gasteiger partial charge on any atom is -0.341 e.